The molecule has 0 saturated carbocycles. The molecule has 36 heavy (non-hydrogen) atoms. The van der Waals surface area contributed by atoms with Gasteiger partial charge in [0.2, 0.25) is 0 Å². The summed E-state index contributed by atoms with van der Waals surface area (Å²) in [6.45, 7) is 2.99. The van der Waals surface area contributed by atoms with Gasteiger partial charge in [0.15, 0.2) is 0 Å². The van der Waals surface area contributed by atoms with Crippen molar-refractivity contribution < 1.29 is 24.9 Å². The highest BCUT2D eigenvalue weighted by molar-refractivity contribution is 5.03. The normalized spacial score (nSPS) is 28.3. The van der Waals surface area contributed by atoms with E-state index in [1.54, 1.807) is 13.8 Å². The number of nitrogens with zero attached hydrogens (tertiary/aromatic N) is 3. The van der Waals surface area contributed by atoms with Crippen molar-refractivity contribution in [3.05, 3.63) is 65.2 Å². The van der Waals surface area contributed by atoms with Gasteiger partial charge in [-0.05, 0) is 32.6 Å². The zero-order chi connectivity index (χ0) is 26.1. The maximum absolute atomic E-state index is 12.2. The van der Waals surface area contributed by atoms with E-state index in [9.17, 15) is 34.6 Å². The van der Waals surface area contributed by atoms with E-state index >= 15 is 0 Å². The lowest BCUT2D eigenvalue weighted by atomic mass is 9.97. The molecule has 0 spiro atoms. The molecule has 198 valence electrons. The Balaban J connectivity index is 1.34. The van der Waals surface area contributed by atoms with Crippen molar-refractivity contribution in [3.8, 4) is 0 Å². The molecular formula is C22H31N5O9. The molecule has 2 fully saturated rings. The largest absolute Gasteiger partial charge is 0.394 e. The van der Waals surface area contributed by atoms with Crippen LogP contribution in [0.1, 0.15) is 42.8 Å². The van der Waals surface area contributed by atoms with E-state index in [2.05, 4.69) is 9.97 Å². The Hall–Kier alpha value is -2.88. The first kappa shape index (κ1) is 26.2. The van der Waals surface area contributed by atoms with E-state index in [0.29, 0.717) is 24.0 Å². The van der Waals surface area contributed by atoms with Crippen LogP contribution in [0.4, 0.5) is 0 Å². The number of aromatic amines is 2. The van der Waals surface area contributed by atoms with Gasteiger partial charge >= 0.3 is 11.4 Å². The first-order valence-electron chi connectivity index (χ1n) is 11.7. The Labute approximate surface area is 204 Å². The molecule has 2 aliphatic heterocycles. The van der Waals surface area contributed by atoms with E-state index in [-0.39, 0.29) is 32.0 Å². The van der Waals surface area contributed by atoms with Crippen molar-refractivity contribution in [2.24, 2.45) is 5.92 Å². The lowest BCUT2D eigenvalue weighted by Gasteiger charge is -2.23. The average Bonchev–Trinajstić information content (AvgIpc) is 3.40. The third kappa shape index (κ3) is 5.43. The van der Waals surface area contributed by atoms with Crippen molar-refractivity contribution in [1.82, 2.24) is 24.2 Å². The fourth-order valence-electron chi connectivity index (χ4n) is 4.72. The number of aliphatic hydroxyl groups excluding tert-OH is 2. The topological polar surface area (TPSA) is 192 Å². The molecule has 4 heterocycles. The summed E-state index contributed by atoms with van der Waals surface area (Å²) in [6, 6.07) is 0. The van der Waals surface area contributed by atoms with Crippen LogP contribution < -0.4 is 22.5 Å². The Morgan fingerprint density at radius 2 is 1.47 bits per heavy atom. The van der Waals surface area contributed by atoms with Crippen molar-refractivity contribution in [1.29, 1.82) is 0 Å². The van der Waals surface area contributed by atoms with E-state index < -0.39 is 53.3 Å². The Kier molecular flexibility index (Phi) is 7.73. The van der Waals surface area contributed by atoms with Gasteiger partial charge in [0.05, 0.1) is 25.4 Å². The summed E-state index contributed by atoms with van der Waals surface area (Å²) in [6.07, 6.45) is -0.0113. The second kappa shape index (κ2) is 10.6. The van der Waals surface area contributed by atoms with Gasteiger partial charge in [0, 0.05) is 36.5 Å². The summed E-state index contributed by atoms with van der Waals surface area (Å²) in [5, 5.41) is 31.6. The lowest BCUT2D eigenvalue weighted by Crippen LogP contribution is -2.37. The van der Waals surface area contributed by atoms with Gasteiger partial charge in [-0.1, -0.05) is 0 Å². The number of hydrogen-bond donors (Lipinski definition) is 5. The van der Waals surface area contributed by atoms with Crippen molar-refractivity contribution in [2.75, 3.05) is 19.7 Å². The quantitative estimate of drug-likeness (QED) is 0.257. The van der Waals surface area contributed by atoms with E-state index in [4.69, 9.17) is 9.47 Å². The van der Waals surface area contributed by atoms with Crippen LogP contribution in [-0.2, 0) is 9.47 Å². The summed E-state index contributed by atoms with van der Waals surface area (Å²) >= 11 is 0. The van der Waals surface area contributed by atoms with E-state index in [0.717, 1.165) is 5.06 Å². The van der Waals surface area contributed by atoms with Gasteiger partial charge < -0.3 is 24.9 Å². The van der Waals surface area contributed by atoms with Crippen molar-refractivity contribution in [3.63, 3.8) is 0 Å². The number of nitrogens with one attached hydrogen (secondary N) is 2. The number of aryl methyl sites for hydroxylation is 2. The molecule has 2 saturated heterocycles. The molecule has 2 aromatic heterocycles. The molecule has 0 radical (unpaired) electrons. The number of rotatable bonds is 8. The molecule has 6 atom stereocenters. The van der Waals surface area contributed by atoms with Gasteiger partial charge in [0.25, 0.3) is 11.1 Å². The van der Waals surface area contributed by atoms with Crippen LogP contribution in [-0.4, -0.2) is 77.6 Å². The predicted octanol–water partition coefficient (Wildman–Crippen LogP) is -1.67. The third-order valence-electron chi connectivity index (χ3n) is 6.81. The van der Waals surface area contributed by atoms with Crippen LogP contribution in [0.25, 0.3) is 0 Å². The smallest absolute Gasteiger partial charge is 0.330 e. The number of H-pyrrole nitrogens is 2. The highest BCUT2D eigenvalue weighted by Gasteiger charge is 2.38. The molecule has 0 amide bonds. The second-order valence-electron chi connectivity index (χ2n) is 9.40. The molecule has 0 aliphatic carbocycles. The minimum Gasteiger partial charge on any atom is -0.394 e. The fraction of sp³-hybridized carbons (Fsp3) is 0.636. The zero-order valence-electron chi connectivity index (χ0n) is 20.0. The highest BCUT2D eigenvalue weighted by Crippen LogP contribution is 2.35. The number of aromatic nitrogens is 4. The van der Waals surface area contributed by atoms with Crippen LogP contribution in [0.15, 0.2) is 31.6 Å². The Morgan fingerprint density at radius 1 is 0.944 bits per heavy atom. The Bertz CT molecular complexity index is 1310. The summed E-state index contributed by atoms with van der Waals surface area (Å²) in [5.41, 5.74) is -1.53. The SMILES string of the molecule is Cc1cn(C2CC(O)C(CN(O)CCC3CC(n4cc(C)c(=O)[nH]c4=O)OC3CO)O2)c(=O)[nH]c1=O. The molecule has 14 nitrogen and oxygen atoms in total. The molecule has 4 rings (SSSR count). The van der Waals surface area contributed by atoms with Crippen LogP contribution in [0.3, 0.4) is 0 Å². The van der Waals surface area contributed by atoms with Crippen molar-refractivity contribution >= 4 is 0 Å². The van der Waals surface area contributed by atoms with E-state index in [1.165, 1.54) is 21.5 Å². The summed E-state index contributed by atoms with van der Waals surface area (Å²) in [4.78, 5) is 52.0. The number of hydroxylamine groups is 2. The monoisotopic (exact) mass is 509 g/mol. The van der Waals surface area contributed by atoms with Crippen LogP contribution in [0.2, 0.25) is 0 Å². The van der Waals surface area contributed by atoms with E-state index in [1.807, 2.05) is 0 Å². The van der Waals surface area contributed by atoms with Gasteiger partial charge in [-0.2, -0.15) is 5.06 Å². The molecule has 2 aromatic rings. The highest BCUT2D eigenvalue weighted by atomic mass is 16.5. The Morgan fingerprint density at radius 3 is 2.03 bits per heavy atom. The van der Waals surface area contributed by atoms with Crippen LogP contribution in [0.5, 0.6) is 0 Å². The van der Waals surface area contributed by atoms with Gasteiger partial charge in [-0.15, -0.1) is 0 Å². The number of aliphatic hydroxyl groups is 2. The first-order chi connectivity index (χ1) is 17.1. The first-order valence-corrected chi connectivity index (χ1v) is 11.7. The minimum absolute atomic E-state index is 0.0336. The molecular weight excluding hydrogens is 478 g/mol. The van der Waals surface area contributed by atoms with Crippen LogP contribution in [0, 0.1) is 19.8 Å². The fourth-order valence-corrected chi connectivity index (χ4v) is 4.72. The molecule has 14 heteroatoms. The second-order valence-corrected chi connectivity index (χ2v) is 9.40. The summed E-state index contributed by atoms with van der Waals surface area (Å²) in [5.74, 6) is -0.182. The van der Waals surface area contributed by atoms with Gasteiger partial charge in [0.1, 0.15) is 18.6 Å². The molecule has 2 aliphatic rings. The maximum atomic E-state index is 12.2. The van der Waals surface area contributed by atoms with Gasteiger partial charge in [-0.3, -0.25) is 28.7 Å². The summed E-state index contributed by atoms with van der Waals surface area (Å²) < 4.78 is 14.1. The molecule has 6 unspecified atom stereocenters. The average molecular weight is 510 g/mol. The van der Waals surface area contributed by atoms with Gasteiger partial charge in [-0.25, -0.2) is 9.59 Å². The molecule has 5 N–H and O–H groups in total. The molecule has 0 aromatic carbocycles. The minimum atomic E-state index is -0.941. The predicted molar refractivity (Wildman–Crippen MR) is 124 cm³/mol. The maximum Gasteiger partial charge on any atom is 0.330 e. The summed E-state index contributed by atoms with van der Waals surface area (Å²) in [7, 11) is 0. The standard InChI is InChI=1S/C22H31N5O9/c1-11-7-26(21(32)23-19(11)30)17-5-13(16(10-28)36-17)3-4-25(34)9-15-14(29)6-18(35-15)27-8-12(2)20(31)24-22(27)33/h7-8,13-18,28-29,34H,3-6,9-10H2,1-2H3,(H,23,30,32)(H,24,31,33). The lowest BCUT2D eigenvalue weighted by molar-refractivity contribution is -0.139. The molecule has 0 bridgehead atoms. The third-order valence-corrected chi connectivity index (χ3v) is 6.81. The number of ether oxygens (including phenoxy) is 2. The number of hydrogen-bond acceptors (Lipinski definition) is 10. The van der Waals surface area contributed by atoms with Crippen LogP contribution >= 0.6 is 0 Å². The van der Waals surface area contributed by atoms with Crippen molar-refractivity contribution in [2.45, 2.75) is 63.9 Å². The zero-order valence-corrected chi connectivity index (χ0v) is 20.0.